The lowest BCUT2D eigenvalue weighted by Crippen LogP contribution is -2.45. The molecule has 6 heteroatoms. The minimum absolute atomic E-state index is 0.0123. The Morgan fingerprint density at radius 3 is 0.973 bits per heavy atom. The van der Waals surface area contributed by atoms with Crippen LogP contribution in [-0.2, 0) is 14.3 Å². The van der Waals surface area contributed by atoms with E-state index in [4.69, 9.17) is 4.74 Å². The lowest BCUT2D eigenvalue weighted by molar-refractivity contribution is -0.143. The minimum Gasteiger partial charge on any atom is -0.466 e. The van der Waals surface area contributed by atoms with Gasteiger partial charge in [-0.25, -0.2) is 0 Å². The van der Waals surface area contributed by atoms with Crippen molar-refractivity contribution in [3.8, 4) is 0 Å². The lowest BCUT2D eigenvalue weighted by Gasteiger charge is -2.20. The van der Waals surface area contributed by atoms with Crippen LogP contribution in [0.25, 0.3) is 0 Å². The average Bonchev–Trinajstić information content (AvgIpc) is 3.39. The van der Waals surface area contributed by atoms with Crippen molar-refractivity contribution in [1.29, 1.82) is 0 Å². The van der Waals surface area contributed by atoms with E-state index in [2.05, 4.69) is 31.3 Å². The summed E-state index contributed by atoms with van der Waals surface area (Å²) in [6.07, 6.45) is 78.0. The van der Waals surface area contributed by atoms with E-state index in [0.717, 1.165) is 44.9 Å². The molecule has 0 aromatic heterocycles. The summed E-state index contributed by atoms with van der Waals surface area (Å²) >= 11 is 0. The molecule has 0 aliphatic heterocycles. The number of allylic oxidation sites excluding steroid dienone is 3. The predicted molar refractivity (Wildman–Crippen MR) is 320 cm³/mol. The number of carbonyl (C=O) groups excluding carboxylic acids is 2. The van der Waals surface area contributed by atoms with Crippen molar-refractivity contribution < 1.29 is 24.5 Å². The van der Waals surface area contributed by atoms with E-state index in [1.807, 2.05) is 6.08 Å². The van der Waals surface area contributed by atoms with Gasteiger partial charge in [-0.1, -0.05) is 321 Å². The number of hydrogen-bond donors (Lipinski definition) is 3. The zero-order chi connectivity index (χ0) is 52.9. The third-order valence-corrected chi connectivity index (χ3v) is 15.5. The molecular weight excluding hydrogens is 899 g/mol. The Morgan fingerprint density at radius 1 is 0.370 bits per heavy atom. The SMILES string of the molecule is CCCCCCCCCCCCCCCCCCCC/C=C/C(O)C(CO)NC(=O)CCCCCCCCC/C=C\CCCCCCCCCCCCCOC(=O)CCCCCCCCCCCCCCCC. The molecule has 0 aliphatic carbocycles. The molecule has 0 rings (SSSR count). The van der Waals surface area contributed by atoms with Crippen LogP contribution in [0.3, 0.4) is 0 Å². The Bertz CT molecular complexity index is 1140. The van der Waals surface area contributed by atoms with Gasteiger partial charge in [0.15, 0.2) is 0 Å². The number of amides is 1. The zero-order valence-corrected chi connectivity index (χ0v) is 49.4. The molecule has 432 valence electrons. The standard InChI is InChI=1S/C67H129NO5/c1-3-5-7-9-11-13-15-17-19-20-21-26-29-32-35-39-43-47-51-55-59-65(70)64(63-69)68-66(71)60-56-52-48-44-40-36-33-30-27-24-22-23-25-28-31-34-38-42-46-50-54-58-62-73-67(72)61-57-53-49-45-41-37-18-16-14-12-10-8-6-4-2/h24,27,55,59,64-65,69-70H,3-23,25-26,28-54,56-58,60-63H2,1-2H3,(H,68,71)/b27-24-,59-55+. The van der Waals surface area contributed by atoms with Crippen LogP contribution in [0.2, 0.25) is 0 Å². The van der Waals surface area contributed by atoms with Gasteiger partial charge in [0.05, 0.1) is 25.4 Å². The first-order valence-corrected chi connectivity index (χ1v) is 33.1. The molecule has 0 heterocycles. The lowest BCUT2D eigenvalue weighted by atomic mass is 10.0. The fourth-order valence-corrected chi connectivity index (χ4v) is 10.4. The molecule has 6 nitrogen and oxygen atoms in total. The van der Waals surface area contributed by atoms with Gasteiger partial charge in [0.25, 0.3) is 0 Å². The van der Waals surface area contributed by atoms with Crippen LogP contribution in [0, 0.1) is 0 Å². The van der Waals surface area contributed by atoms with Crippen molar-refractivity contribution in [2.24, 2.45) is 0 Å². The molecule has 0 bridgehead atoms. The summed E-state index contributed by atoms with van der Waals surface area (Å²) in [4.78, 5) is 24.6. The number of ether oxygens (including phenoxy) is 1. The van der Waals surface area contributed by atoms with E-state index < -0.39 is 12.1 Å². The molecule has 3 N–H and O–H groups in total. The van der Waals surface area contributed by atoms with Crippen LogP contribution in [0.15, 0.2) is 24.3 Å². The molecule has 0 saturated carbocycles. The zero-order valence-electron chi connectivity index (χ0n) is 49.4. The second-order valence-corrected chi connectivity index (χ2v) is 22.8. The maximum Gasteiger partial charge on any atom is 0.305 e. The highest BCUT2D eigenvalue weighted by Gasteiger charge is 2.18. The first-order valence-electron chi connectivity index (χ1n) is 33.1. The first kappa shape index (κ1) is 71.3. The number of hydrogen-bond acceptors (Lipinski definition) is 5. The van der Waals surface area contributed by atoms with Crippen molar-refractivity contribution in [1.82, 2.24) is 5.32 Å². The molecule has 2 unspecified atom stereocenters. The third-order valence-electron chi connectivity index (χ3n) is 15.5. The molecule has 1 amide bonds. The Morgan fingerprint density at radius 2 is 0.644 bits per heavy atom. The highest BCUT2D eigenvalue weighted by Crippen LogP contribution is 2.18. The molecule has 73 heavy (non-hydrogen) atoms. The molecule has 0 aliphatic rings. The Balaban J connectivity index is 3.44. The van der Waals surface area contributed by atoms with E-state index >= 15 is 0 Å². The molecule has 2 atom stereocenters. The van der Waals surface area contributed by atoms with Crippen LogP contribution in [0.4, 0.5) is 0 Å². The molecule has 0 radical (unpaired) electrons. The van der Waals surface area contributed by atoms with Crippen molar-refractivity contribution in [3.05, 3.63) is 24.3 Å². The van der Waals surface area contributed by atoms with Gasteiger partial charge < -0.3 is 20.3 Å². The van der Waals surface area contributed by atoms with Crippen molar-refractivity contribution in [2.45, 2.75) is 379 Å². The van der Waals surface area contributed by atoms with E-state index in [0.29, 0.717) is 19.4 Å². The fraction of sp³-hybridized carbons (Fsp3) is 0.910. The van der Waals surface area contributed by atoms with Crippen LogP contribution in [-0.4, -0.2) is 47.4 Å². The molecule has 0 aromatic carbocycles. The largest absolute Gasteiger partial charge is 0.466 e. The fourth-order valence-electron chi connectivity index (χ4n) is 10.4. The van der Waals surface area contributed by atoms with E-state index in [9.17, 15) is 19.8 Å². The van der Waals surface area contributed by atoms with Gasteiger partial charge in [0.2, 0.25) is 5.91 Å². The van der Waals surface area contributed by atoms with Crippen molar-refractivity contribution in [2.75, 3.05) is 13.2 Å². The number of carbonyl (C=O) groups is 2. The van der Waals surface area contributed by atoms with Crippen LogP contribution in [0.5, 0.6) is 0 Å². The van der Waals surface area contributed by atoms with E-state index in [1.165, 1.54) is 295 Å². The number of unbranched alkanes of at least 4 members (excludes halogenated alkanes) is 49. The first-order chi connectivity index (χ1) is 36.0. The van der Waals surface area contributed by atoms with E-state index in [1.54, 1.807) is 6.08 Å². The molecule has 0 fully saturated rings. The van der Waals surface area contributed by atoms with Crippen molar-refractivity contribution >= 4 is 11.9 Å². The minimum atomic E-state index is -0.849. The number of aliphatic hydroxyl groups excluding tert-OH is 2. The number of nitrogens with one attached hydrogen (secondary N) is 1. The Labute approximate surface area is 456 Å². The van der Waals surface area contributed by atoms with Crippen LogP contribution in [0.1, 0.15) is 367 Å². The second kappa shape index (κ2) is 62.9. The normalized spacial score (nSPS) is 12.7. The van der Waals surface area contributed by atoms with Crippen LogP contribution < -0.4 is 5.32 Å². The second-order valence-electron chi connectivity index (χ2n) is 22.8. The van der Waals surface area contributed by atoms with Crippen LogP contribution >= 0.6 is 0 Å². The van der Waals surface area contributed by atoms with Gasteiger partial charge in [0, 0.05) is 12.8 Å². The highest BCUT2D eigenvalue weighted by molar-refractivity contribution is 5.76. The maximum absolute atomic E-state index is 12.5. The Hall–Kier alpha value is -1.66. The van der Waals surface area contributed by atoms with Gasteiger partial charge in [-0.3, -0.25) is 9.59 Å². The number of rotatable bonds is 62. The van der Waals surface area contributed by atoms with E-state index in [-0.39, 0.29) is 18.5 Å². The number of aliphatic hydroxyl groups is 2. The summed E-state index contributed by atoms with van der Waals surface area (Å²) in [5.74, 6) is -0.0594. The Kier molecular flexibility index (Phi) is 61.4. The maximum atomic E-state index is 12.5. The average molecular weight is 1030 g/mol. The summed E-state index contributed by atoms with van der Waals surface area (Å²) < 4.78 is 5.49. The molecule has 0 saturated heterocycles. The quantitative estimate of drug-likeness (QED) is 0.0320. The summed E-state index contributed by atoms with van der Waals surface area (Å²) in [6.45, 7) is 4.93. The molecule has 0 spiro atoms. The van der Waals surface area contributed by atoms with Crippen molar-refractivity contribution in [3.63, 3.8) is 0 Å². The topological polar surface area (TPSA) is 95.9 Å². The van der Waals surface area contributed by atoms with Gasteiger partial charge in [-0.05, 0) is 57.8 Å². The summed E-state index contributed by atoms with van der Waals surface area (Å²) in [7, 11) is 0. The van der Waals surface area contributed by atoms with Gasteiger partial charge in [-0.2, -0.15) is 0 Å². The van der Waals surface area contributed by atoms with Gasteiger partial charge in [0.1, 0.15) is 0 Å². The summed E-state index contributed by atoms with van der Waals surface area (Å²) in [5.41, 5.74) is 0. The summed E-state index contributed by atoms with van der Waals surface area (Å²) in [6, 6.07) is -0.633. The van der Waals surface area contributed by atoms with Gasteiger partial charge >= 0.3 is 5.97 Å². The predicted octanol–water partition coefficient (Wildman–Crippen LogP) is 21.0. The molecular formula is C67H129NO5. The highest BCUT2D eigenvalue weighted by atomic mass is 16.5. The smallest absolute Gasteiger partial charge is 0.305 e. The van der Waals surface area contributed by atoms with Gasteiger partial charge in [-0.15, -0.1) is 0 Å². The third kappa shape index (κ3) is 59.4. The molecule has 0 aromatic rings. The number of esters is 1. The monoisotopic (exact) mass is 1030 g/mol. The summed E-state index contributed by atoms with van der Waals surface area (Å²) in [5, 5.41) is 23.2.